The van der Waals surface area contributed by atoms with Crippen LogP contribution in [-0.4, -0.2) is 36.0 Å². The van der Waals surface area contributed by atoms with Crippen LogP contribution >= 0.6 is 24.0 Å². The highest BCUT2D eigenvalue weighted by Crippen LogP contribution is 2.19. The van der Waals surface area contributed by atoms with Crippen molar-refractivity contribution < 1.29 is 9.21 Å². The lowest BCUT2D eigenvalue weighted by Gasteiger charge is -2.10. The Labute approximate surface area is 189 Å². The van der Waals surface area contributed by atoms with Gasteiger partial charge in [-0.25, -0.2) is 9.98 Å². The fourth-order valence-corrected chi connectivity index (χ4v) is 2.69. The van der Waals surface area contributed by atoms with Gasteiger partial charge in [0.15, 0.2) is 5.96 Å². The maximum Gasteiger partial charge on any atom is 0.226 e. The first-order chi connectivity index (χ1) is 13.6. The van der Waals surface area contributed by atoms with Crippen LogP contribution in [0.3, 0.4) is 0 Å². The molecule has 1 fully saturated rings. The molecule has 7 nitrogen and oxygen atoms in total. The van der Waals surface area contributed by atoms with Crippen LogP contribution in [0.5, 0.6) is 0 Å². The average molecular weight is 511 g/mol. The number of hydrogen-bond acceptors (Lipinski definition) is 4. The van der Waals surface area contributed by atoms with Crippen LogP contribution in [-0.2, 0) is 11.3 Å². The number of aromatic nitrogens is 1. The molecule has 1 aromatic carbocycles. The third-order valence-electron chi connectivity index (χ3n) is 4.41. The number of carbonyl (C=O) groups is 1. The number of nitrogens with one attached hydrogen (secondary N) is 3. The van der Waals surface area contributed by atoms with Gasteiger partial charge in [-0.3, -0.25) is 4.79 Å². The lowest BCUT2D eigenvalue weighted by molar-refractivity contribution is -0.121. The van der Waals surface area contributed by atoms with Gasteiger partial charge in [0.25, 0.3) is 0 Å². The third kappa shape index (κ3) is 8.04. The molecule has 1 heterocycles. The molecular formula is C21H30IN5O2. The highest BCUT2D eigenvalue weighted by atomic mass is 127. The van der Waals surface area contributed by atoms with Gasteiger partial charge in [0.05, 0.1) is 6.54 Å². The zero-order valence-electron chi connectivity index (χ0n) is 17.0. The van der Waals surface area contributed by atoms with Crippen LogP contribution in [0.25, 0.3) is 11.5 Å². The van der Waals surface area contributed by atoms with Crippen LogP contribution in [0.15, 0.2) is 39.9 Å². The SMILES string of the molecule is CCNC(=NCc1coc(-c2ccc(C)cc2)n1)NCCCC(=O)NC1CC1.I. The van der Waals surface area contributed by atoms with Crippen molar-refractivity contribution in [1.29, 1.82) is 0 Å². The fraction of sp³-hybridized carbons (Fsp3) is 0.476. The molecule has 1 aliphatic carbocycles. The zero-order chi connectivity index (χ0) is 19.8. The van der Waals surface area contributed by atoms with E-state index in [1.165, 1.54) is 5.56 Å². The number of aliphatic imine (C=N–C) groups is 1. The Kier molecular flexibility index (Phi) is 9.43. The van der Waals surface area contributed by atoms with Crippen LogP contribution in [0.1, 0.15) is 43.9 Å². The number of hydrogen-bond donors (Lipinski definition) is 3. The van der Waals surface area contributed by atoms with Gasteiger partial charge in [-0.1, -0.05) is 17.7 Å². The molecule has 0 radical (unpaired) electrons. The Morgan fingerprint density at radius 1 is 1.24 bits per heavy atom. The van der Waals surface area contributed by atoms with E-state index in [0.717, 1.165) is 37.1 Å². The summed E-state index contributed by atoms with van der Waals surface area (Å²) in [5.74, 6) is 1.45. The fourth-order valence-electron chi connectivity index (χ4n) is 2.69. The minimum Gasteiger partial charge on any atom is -0.444 e. The van der Waals surface area contributed by atoms with Gasteiger partial charge in [0, 0.05) is 31.1 Å². The molecule has 0 aliphatic heterocycles. The van der Waals surface area contributed by atoms with E-state index in [4.69, 9.17) is 4.42 Å². The predicted molar refractivity (Wildman–Crippen MR) is 125 cm³/mol. The smallest absolute Gasteiger partial charge is 0.226 e. The van der Waals surface area contributed by atoms with Crippen molar-refractivity contribution in [1.82, 2.24) is 20.9 Å². The molecule has 8 heteroatoms. The Bertz CT molecular complexity index is 800. The second kappa shape index (κ2) is 11.8. The molecule has 0 unspecified atom stereocenters. The lowest BCUT2D eigenvalue weighted by atomic mass is 10.1. The van der Waals surface area contributed by atoms with Gasteiger partial charge >= 0.3 is 0 Å². The molecule has 1 amide bonds. The summed E-state index contributed by atoms with van der Waals surface area (Å²) < 4.78 is 5.58. The molecule has 0 atom stereocenters. The maximum absolute atomic E-state index is 11.7. The van der Waals surface area contributed by atoms with E-state index in [2.05, 4.69) is 25.9 Å². The minimum absolute atomic E-state index is 0. The predicted octanol–water partition coefficient (Wildman–Crippen LogP) is 3.38. The highest BCUT2D eigenvalue weighted by molar-refractivity contribution is 14.0. The topological polar surface area (TPSA) is 91.6 Å². The molecule has 2 aromatic rings. The standard InChI is InChI=1S/C21H29N5O2.HI/c1-3-22-21(23-12-4-5-19(27)25-17-10-11-17)24-13-18-14-28-20(26-18)16-8-6-15(2)7-9-16;/h6-9,14,17H,3-5,10-13H2,1-2H3,(H,25,27)(H2,22,23,24);1H. The van der Waals surface area contributed by atoms with Crippen molar-refractivity contribution in [3.8, 4) is 11.5 Å². The molecule has 0 bridgehead atoms. The summed E-state index contributed by atoms with van der Waals surface area (Å²) in [5, 5.41) is 9.47. The maximum atomic E-state index is 11.7. The van der Waals surface area contributed by atoms with Crippen LogP contribution < -0.4 is 16.0 Å². The van der Waals surface area contributed by atoms with Gasteiger partial charge in [-0.2, -0.15) is 0 Å². The molecule has 1 saturated carbocycles. The molecule has 0 saturated heterocycles. The number of benzene rings is 1. The molecule has 1 aromatic heterocycles. The van der Waals surface area contributed by atoms with E-state index in [1.807, 2.05) is 38.1 Å². The molecule has 29 heavy (non-hydrogen) atoms. The Balaban J connectivity index is 0.00000300. The Morgan fingerprint density at radius 3 is 2.69 bits per heavy atom. The van der Waals surface area contributed by atoms with E-state index in [9.17, 15) is 4.79 Å². The second-order valence-electron chi connectivity index (χ2n) is 7.08. The van der Waals surface area contributed by atoms with Crippen molar-refractivity contribution in [3.63, 3.8) is 0 Å². The van der Waals surface area contributed by atoms with E-state index in [0.29, 0.717) is 37.4 Å². The Morgan fingerprint density at radius 2 is 2.00 bits per heavy atom. The van der Waals surface area contributed by atoms with Crippen molar-refractivity contribution in [2.24, 2.45) is 4.99 Å². The van der Waals surface area contributed by atoms with Gasteiger partial charge in [0.2, 0.25) is 11.8 Å². The number of oxazole rings is 1. The largest absolute Gasteiger partial charge is 0.444 e. The summed E-state index contributed by atoms with van der Waals surface area (Å²) >= 11 is 0. The monoisotopic (exact) mass is 511 g/mol. The summed E-state index contributed by atoms with van der Waals surface area (Å²) in [6, 6.07) is 8.50. The van der Waals surface area contributed by atoms with Gasteiger partial charge in [0.1, 0.15) is 12.0 Å². The number of amides is 1. The minimum atomic E-state index is 0. The molecular weight excluding hydrogens is 481 g/mol. The first-order valence-corrected chi connectivity index (χ1v) is 9.97. The van der Waals surface area contributed by atoms with Gasteiger partial charge in [-0.15, -0.1) is 24.0 Å². The van der Waals surface area contributed by atoms with E-state index in [-0.39, 0.29) is 29.9 Å². The molecule has 1 aliphatic rings. The molecule has 158 valence electrons. The van der Waals surface area contributed by atoms with Crippen LogP contribution in [0.2, 0.25) is 0 Å². The average Bonchev–Trinajstić information content (AvgIpc) is 3.37. The second-order valence-corrected chi connectivity index (χ2v) is 7.08. The number of aryl methyl sites for hydroxylation is 1. The van der Waals surface area contributed by atoms with Gasteiger partial charge in [-0.05, 0) is 45.2 Å². The quantitative estimate of drug-likeness (QED) is 0.208. The molecule has 3 N–H and O–H groups in total. The summed E-state index contributed by atoms with van der Waals surface area (Å²) in [6.07, 6.45) is 5.19. The zero-order valence-corrected chi connectivity index (χ0v) is 19.4. The van der Waals surface area contributed by atoms with E-state index < -0.39 is 0 Å². The third-order valence-corrected chi connectivity index (χ3v) is 4.41. The van der Waals surface area contributed by atoms with E-state index >= 15 is 0 Å². The van der Waals surface area contributed by atoms with Gasteiger partial charge < -0.3 is 20.4 Å². The lowest BCUT2D eigenvalue weighted by Crippen LogP contribution is -2.38. The number of guanidine groups is 1. The number of nitrogens with zero attached hydrogens (tertiary/aromatic N) is 2. The van der Waals surface area contributed by atoms with Crippen molar-refractivity contribution in [2.45, 2.75) is 52.1 Å². The molecule has 3 rings (SSSR count). The summed E-state index contributed by atoms with van der Waals surface area (Å²) in [5.41, 5.74) is 2.93. The summed E-state index contributed by atoms with van der Waals surface area (Å²) in [4.78, 5) is 20.8. The van der Waals surface area contributed by atoms with Crippen molar-refractivity contribution >= 4 is 35.8 Å². The van der Waals surface area contributed by atoms with Crippen LogP contribution in [0, 0.1) is 6.92 Å². The summed E-state index contributed by atoms with van der Waals surface area (Å²) in [6.45, 7) is 5.95. The first-order valence-electron chi connectivity index (χ1n) is 9.97. The van der Waals surface area contributed by atoms with Crippen molar-refractivity contribution in [3.05, 3.63) is 41.8 Å². The van der Waals surface area contributed by atoms with Crippen LogP contribution in [0.4, 0.5) is 0 Å². The number of halogens is 1. The highest BCUT2D eigenvalue weighted by Gasteiger charge is 2.22. The van der Waals surface area contributed by atoms with E-state index in [1.54, 1.807) is 6.26 Å². The molecule has 0 spiro atoms. The normalized spacial score (nSPS) is 13.5. The van der Waals surface area contributed by atoms with Crippen molar-refractivity contribution in [2.75, 3.05) is 13.1 Å². The first kappa shape index (κ1) is 23.2. The number of rotatable bonds is 9. The summed E-state index contributed by atoms with van der Waals surface area (Å²) in [7, 11) is 0. The Hall–Kier alpha value is -2.10. The number of carbonyl (C=O) groups excluding carboxylic acids is 1.